The third-order valence-corrected chi connectivity index (χ3v) is 5.40. The number of hydrogen-bond donors (Lipinski definition) is 1. The van der Waals surface area contributed by atoms with Crippen molar-refractivity contribution < 1.29 is 4.74 Å². The maximum atomic E-state index is 5.95. The molecule has 0 spiro atoms. The molecule has 16 heavy (non-hydrogen) atoms. The number of ether oxygens (including phenoxy) is 1. The van der Waals surface area contributed by atoms with Crippen LogP contribution in [0.5, 0.6) is 0 Å². The molecule has 1 atom stereocenters. The van der Waals surface area contributed by atoms with Crippen LogP contribution in [-0.4, -0.2) is 19.8 Å². The van der Waals surface area contributed by atoms with Gasteiger partial charge in [-0.05, 0) is 46.4 Å². The van der Waals surface area contributed by atoms with Crippen molar-refractivity contribution in [1.29, 1.82) is 0 Å². The highest BCUT2D eigenvalue weighted by molar-refractivity contribution is 9.11. The average molecular weight is 304 g/mol. The van der Waals surface area contributed by atoms with Crippen LogP contribution in [-0.2, 0) is 10.2 Å². The summed E-state index contributed by atoms with van der Waals surface area (Å²) in [4.78, 5) is 1.41. The molecular formula is C12H18BrNOS. The van der Waals surface area contributed by atoms with E-state index in [4.69, 9.17) is 10.5 Å². The van der Waals surface area contributed by atoms with Gasteiger partial charge in [0, 0.05) is 4.88 Å². The van der Waals surface area contributed by atoms with Crippen LogP contribution in [0.1, 0.15) is 18.7 Å². The Morgan fingerprint density at radius 3 is 2.50 bits per heavy atom. The van der Waals surface area contributed by atoms with Gasteiger partial charge in [0.15, 0.2) is 0 Å². The van der Waals surface area contributed by atoms with Gasteiger partial charge in [-0.15, -0.1) is 11.3 Å². The lowest BCUT2D eigenvalue weighted by molar-refractivity contribution is -0.0963. The number of rotatable bonds is 4. The summed E-state index contributed by atoms with van der Waals surface area (Å²) in [5, 5.41) is 0. The van der Waals surface area contributed by atoms with Gasteiger partial charge in [-0.3, -0.25) is 0 Å². The van der Waals surface area contributed by atoms with Crippen LogP contribution in [0.15, 0.2) is 15.9 Å². The molecule has 2 nitrogen and oxygen atoms in total. The number of halogens is 1. The molecule has 1 fully saturated rings. The summed E-state index contributed by atoms with van der Waals surface area (Å²) in [7, 11) is 0. The highest BCUT2D eigenvalue weighted by Crippen LogP contribution is 2.45. The van der Waals surface area contributed by atoms with Crippen molar-refractivity contribution in [2.45, 2.75) is 19.3 Å². The van der Waals surface area contributed by atoms with Crippen molar-refractivity contribution in [2.24, 2.45) is 17.6 Å². The van der Waals surface area contributed by atoms with E-state index in [0.717, 1.165) is 19.8 Å². The minimum atomic E-state index is 0.166. The minimum Gasteiger partial charge on any atom is -0.379 e. The molecule has 0 aliphatic carbocycles. The lowest BCUT2D eigenvalue weighted by Gasteiger charge is -2.48. The van der Waals surface area contributed by atoms with Gasteiger partial charge in [-0.1, -0.05) is 13.8 Å². The Balaban J connectivity index is 2.31. The van der Waals surface area contributed by atoms with Crippen molar-refractivity contribution in [2.75, 3.05) is 19.8 Å². The standard InChI is InChI=1S/C12H18BrNOS/c1-8(2)9(5-14)12(6-15-7-12)10-3-4-11(13)16-10/h3-4,8-9H,5-7,14H2,1-2H3. The van der Waals surface area contributed by atoms with Gasteiger partial charge in [0.25, 0.3) is 0 Å². The van der Waals surface area contributed by atoms with E-state index in [2.05, 4.69) is 41.9 Å². The van der Waals surface area contributed by atoms with E-state index in [1.165, 1.54) is 8.66 Å². The van der Waals surface area contributed by atoms with Crippen LogP contribution in [0.4, 0.5) is 0 Å². The predicted octanol–water partition coefficient (Wildman–Crippen LogP) is 3.01. The molecular weight excluding hydrogens is 286 g/mol. The molecule has 1 aromatic heterocycles. The van der Waals surface area contributed by atoms with Crippen LogP contribution >= 0.6 is 27.3 Å². The first-order valence-electron chi connectivity index (χ1n) is 5.64. The fourth-order valence-corrected chi connectivity index (χ4v) is 4.19. The lowest BCUT2D eigenvalue weighted by Crippen LogP contribution is -2.55. The molecule has 2 heterocycles. The largest absolute Gasteiger partial charge is 0.379 e. The monoisotopic (exact) mass is 303 g/mol. The summed E-state index contributed by atoms with van der Waals surface area (Å²) >= 11 is 5.35. The molecule has 0 bridgehead atoms. The first-order valence-corrected chi connectivity index (χ1v) is 7.25. The van der Waals surface area contributed by atoms with Crippen molar-refractivity contribution in [3.05, 3.63) is 20.8 Å². The second-order valence-corrected chi connectivity index (χ2v) is 7.30. The molecule has 4 heteroatoms. The van der Waals surface area contributed by atoms with Crippen molar-refractivity contribution in [3.8, 4) is 0 Å². The molecule has 2 rings (SSSR count). The molecule has 1 aliphatic heterocycles. The van der Waals surface area contributed by atoms with Crippen molar-refractivity contribution in [3.63, 3.8) is 0 Å². The van der Waals surface area contributed by atoms with Gasteiger partial charge in [-0.25, -0.2) is 0 Å². The molecule has 0 saturated carbocycles. The number of hydrogen-bond acceptors (Lipinski definition) is 3. The topological polar surface area (TPSA) is 35.2 Å². The Morgan fingerprint density at radius 2 is 2.19 bits per heavy atom. The highest BCUT2D eigenvalue weighted by atomic mass is 79.9. The van der Waals surface area contributed by atoms with Crippen LogP contribution in [0, 0.1) is 11.8 Å². The minimum absolute atomic E-state index is 0.166. The SMILES string of the molecule is CC(C)C(CN)C1(c2ccc(Br)s2)COC1. The Kier molecular flexibility index (Phi) is 3.74. The molecule has 0 radical (unpaired) electrons. The zero-order valence-corrected chi connectivity index (χ0v) is 12.1. The quantitative estimate of drug-likeness (QED) is 0.928. The third kappa shape index (κ3) is 1.96. The smallest absolute Gasteiger partial charge is 0.0701 e. The first-order chi connectivity index (χ1) is 7.60. The average Bonchev–Trinajstić information content (AvgIpc) is 2.57. The van der Waals surface area contributed by atoms with Gasteiger partial charge < -0.3 is 10.5 Å². The molecule has 1 aliphatic rings. The molecule has 1 unspecified atom stereocenters. The summed E-state index contributed by atoms with van der Waals surface area (Å²) in [5.41, 5.74) is 6.12. The third-order valence-electron chi connectivity index (χ3n) is 3.55. The van der Waals surface area contributed by atoms with Gasteiger partial charge in [0.05, 0.1) is 22.4 Å². The zero-order valence-electron chi connectivity index (χ0n) is 9.70. The van der Waals surface area contributed by atoms with E-state index < -0.39 is 0 Å². The van der Waals surface area contributed by atoms with Gasteiger partial charge >= 0.3 is 0 Å². The Hall–Kier alpha value is 0.1000. The second-order valence-electron chi connectivity index (χ2n) is 4.84. The van der Waals surface area contributed by atoms with E-state index in [-0.39, 0.29) is 5.41 Å². The fourth-order valence-electron chi connectivity index (χ4n) is 2.58. The molecule has 0 amide bonds. The van der Waals surface area contributed by atoms with E-state index >= 15 is 0 Å². The molecule has 1 aromatic rings. The maximum absolute atomic E-state index is 5.95. The van der Waals surface area contributed by atoms with E-state index in [9.17, 15) is 0 Å². The fraction of sp³-hybridized carbons (Fsp3) is 0.667. The number of nitrogens with two attached hydrogens (primary N) is 1. The molecule has 90 valence electrons. The van der Waals surface area contributed by atoms with E-state index in [1.54, 1.807) is 0 Å². The van der Waals surface area contributed by atoms with Crippen molar-refractivity contribution >= 4 is 27.3 Å². The summed E-state index contributed by atoms with van der Waals surface area (Å²) in [5.74, 6) is 1.10. The normalized spacial score (nSPS) is 20.8. The Morgan fingerprint density at radius 1 is 1.50 bits per heavy atom. The van der Waals surface area contributed by atoms with Crippen LogP contribution in [0.2, 0.25) is 0 Å². The highest BCUT2D eigenvalue weighted by Gasteiger charge is 2.48. The Bertz CT molecular complexity index is 360. The number of thiophene rings is 1. The molecule has 1 saturated heterocycles. The van der Waals surface area contributed by atoms with Gasteiger partial charge in [0.1, 0.15) is 0 Å². The van der Waals surface area contributed by atoms with Gasteiger partial charge in [0.2, 0.25) is 0 Å². The molecule has 0 aromatic carbocycles. The van der Waals surface area contributed by atoms with Gasteiger partial charge in [-0.2, -0.15) is 0 Å². The first kappa shape index (κ1) is 12.6. The summed E-state index contributed by atoms with van der Waals surface area (Å²) < 4.78 is 6.66. The zero-order chi connectivity index (χ0) is 11.8. The predicted molar refractivity (Wildman–Crippen MR) is 71.9 cm³/mol. The maximum Gasteiger partial charge on any atom is 0.0701 e. The summed E-state index contributed by atoms with van der Waals surface area (Å²) in [6.45, 7) is 6.87. The second kappa shape index (κ2) is 4.77. The molecule has 2 N–H and O–H groups in total. The van der Waals surface area contributed by atoms with Crippen molar-refractivity contribution in [1.82, 2.24) is 0 Å². The lowest BCUT2D eigenvalue weighted by atomic mass is 9.68. The van der Waals surface area contributed by atoms with Crippen LogP contribution in [0.25, 0.3) is 0 Å². The summed E-state index contributed by atoms with van der Waals surface area (Å²) in [6.07, 6.45) is 0. The van der Waals surface area contributed by atoms with E-state index in [0.29, 0.717) is 11.8 Å². The van der Waals surface area contributed by atoms with Crippen LogP contribution < -0.4 is 5.73 Å². The summed E-state index contributed by atoms with van der Waals surface area (Å²) in [6, 6.07) is 4.33. The van der Waals surface area contributed by atoms with E-state index in [1.807, 2.05) is 11.3 Å². The van der Waals surface area contributed by atoms with Crippen LogP contribution in [0.3, 0.4) is 0 Å². The Labute approximate surface area is 109 Å².